The first kappa shape index (κ1) is 17.1. The highest BCUT2D eigenvalue weighted by Gasteiger charge is 2.27. The molecule has 1 aromatic carbocycles. The Morgan fingerprint density at radius 3 is 3.00 bits per heavy atom. The molecule has 0 aliphatic heterocycles. The smallest absolute Gasteiger partial charge is 0.310 e. The molecule has 0 bridgehead atoms. The Balaban J connectivity index is 1.71. The summed E-state index contributed by atoms with van der Waals surface area (Å²) in [5.41, 5.74) is 3.55. The number of carbonyl (C=O) groups excluding carboxylic acids is 2. The van der Waals surface area contributed by atoms with E-state index in [-0.39, 0.29) is 24.2 Å². The van der Waals surface area contributed by atoms with E-state index in [0.29, 0.717) is 12.3 Å². The van der Waals surface area contributed by atoms with Gasteiger partial charge < -0.3 is 10.1 Å². The maximum absolute atomic E-state index is 12.7. The number of nitrogens with one attached hydrogen (secondary N) is 1. The third-order valence-corrected chi connectivity index (χ3v) is 4.36. The van der Waals surface area contributed by atoms with Gasteiger partial charge in [0.2, 0.25) is 5.91 Å². The molecular weight excluding hydrogens is 316 g/mol. The van der Waals surface area contributed by atoms with Crippen molar-refractivity contribution in [1.82, 2.24) is 4.98 Å². The molecule has 2 aromatic rings. The Bertz CT molecular complexity index is 773. The van der Waals surface area contributed by atoms with Gasteiger partial charge in [0.1, 0.15) is 0 Å². The average molecular weight is 338 g/mol. The van der Waals surface area contributed by atoms with Crippen molar-refractivity contribution in [3.05, 3.63) is 59.4 Å². The van der Waals surface area contributed by atoms with Crippen LogP contribution in [0.4, 0.5) is 5.69 Å². The topological polar surface area (TPSA) is 68.3 Å². The molecule has 0 fully saturated rings. The number of benzene rings is 1. The van der Waals surface area contributed by atoms with E-state index >= 15 is 0 Å². The Hall–Kier alpha value is -2.69. The van der Waals surface area contributed by atoms with Crippen LogP contribution in [0.15, 0.2) is 42.6 Å². The van der Waals surface area contributed by atoms with Crippen LogP contribution in [0.5, 0.6) is 0 Å². The largest absolute Gasteiger partial charge is 0.466 e. The molecule has 1 aromatic heterocycles. The number of aromatic nitrogens is 1. The minimum atomic E-state index is -0.267. The van der Waals surface area contributed by atoms with Crippen LogP contribution in [0, 0.1) is 0 Å². The molecule has 1 aliphatic rings. The van der Waals surface area contributed by atoms with Crippen LogP contribution in [0.3, 0.4) is 0 Å². The minimum Gasteiger partial charge on any atom is -0.466 e. The second-order valence-corrected chi connectivity index (χ2v) is 6.16. The number of carbonyl (C=O) groups is 2. The summed E-state index contributed by atoms with van der Waals surface area (Å²) in [5.74, 6) is -0.539. The van der Waals surface area contributed by atoms with E-state index in [1.165, 1.54) is 0 Å². The third kappa shape index (κ3) is 4.24. The van der Waals surface area contributed by atoms with Gasteiger partial charge >= 0.3 is 5.97 Å². The van der Waals surface area contributed by atoms with Gasteiger partial charge in [0.05, 0.1) is 24.6 Å². The molecule has 1 unspecified atom stereocenters. The van der Waals surface area contributed by atoms with E-state index in [9.17, 15) is 9.59 Å². The summed E-state index contributed by atoms with van der Waals surface area (Å²) >= 11 is 0. The van der Waals surface area contributed by atoms with Crippen LogP contribution in [0.1, 0.15) is 42.5 Å². The predicted octanol–water partition coefficient (Wildman–Crippen LogP) is 3.25. The van der Waals surface area contributed by atoms with Crippen molar-refractivity contribution in [2.75, 3.05) is 11.9 Å². The summed E-state index contributed by atoms with van der Waals surface area (Å²) in [7, 11) is 0. The van der Waals surface area contributed by atoms with Crippen LogP contribution in [0.2, 0.25) is 0 Å². The maximum Gasteiger partial charge on any atom is 0.310 e. The van der Waals surface area contributed by atoms with E-state index in [0.717, 1.165) is 36.1 Å². The number of hydrogen-bond acceptors (Lipinski definition) is 4. The third-order valence-electron chi connectivity index (χ3n) is 4.36. The zero-order valence-electron chi connectivity index (χ0n) is 14.3. The van der Waals surface area contributed by atoms with Gasteiger partial charge in [-0.25, -0.2) is 0 Å². The number of rotatable bonds is 5. The number of amides is 1. The van der Waals surface area contributed by atoms with Gasteiger partial charge in [0.15, 0.2) is 0 Å². The highest BCUT2D eigenvalue weighted by molar-refractivity contribution is 5.96. The number of pyridine rings is 1. The molecular formula is C20H22N2O3. The number of hydrogen-bond donors (Lipinski definition) is 1. The predicted molar refractivity (Wildman–Crippen MR) is 95.3 cm³/mol. The van der Waals surface area contributed by atoms with Gasteiger partial charge in [-0.3, -0.25) is 14.6 Å². The fourth-order valence-electron chi connectivity index (χ4n) is 3.23. The molecule has 1 amide bonds. The lowest BCUT2D eigenvalue weighted by Crippen LogP contribution is -2.25. The average Bonchev–Trinajstić information content (AvgIpc) is 2.61. The standard InChI is InChI=1S/C20H22N2O3/c1-2-25-18(23)13-14-6-3-9-16(12-14)22-20(24)17-10-4-7-15-8-5-11-21-19(15)17/h3,5-6,8-9,11-12,17H,2,4,7,10,13H2,1H3,(H,22,24). The zero-order chi connectivity index (χ0) is 17.6. The molecule has 5 heteroatoms. The molecule has 1 heterocycles. The Labute approximate surface area is 147 Å². The second-order valence-electron chi connectivity index (χ2n) is 6.16. The molecule has 1 atom stereocenters. The van der Waals surface area contributed by atoms with Gasteiger partial charge in [-0.05, 0) is 55.5 Å². The maximum atomic E-state index is 12.7. The van der Waals surface area contributed by atoms with Crippen LogP contribution in [-0.2, 0) is 27.2 Å². The number of fused-ring (bicyclic) bond motifs is 1. The lowest BCUT2D eigenvalue weighted by atomic mass is 9.86. The summed E-state index contributed by atoms with van der Waals surface area (Å²) in [4.78, 5) is 28.8. The summed E-state index contributed by atoms with van der Waals surface area (Å²) in [6, 6.07) is 11.3. The summed E-state index contributed by atoms with van der Waals surface area (Å²) in [5, 5.41) is 2.97. The van der Waals surface area contributed by atoms with Crippen molar-refractivity contribution in [3.63, 3.8) is 0 Å². The fourth-order valence-corrected chi connectivity index (χ4v) is 3.23. The number of aryl methyl sites for hydroxylation is 1. The highest BCUT2D eigenvalue weighted by Crippen LogP contribution is 2.30. The van der Waals surface area contributed by atoms with Gasteiger partial charge in [-0.1, -0.05) is 18.2 Å². The van der Waals surface area contributed by atoms with Gasteiger partial charge in [-0.2, -0.15) is 0 Å². The van der Waals surface area contributed by atoms with Crippen molar-refractivity contribution in [3.8, 4) is 0 Å². The highest BCUT2D eigenvalue weighted by atomic mass is 16.5. The monoisotopic (exact) mass is 338 g/mol. The Morgan fingerprint density at radius 2 is 2.16 bits per heavy atom. The van der Waals surface area contributed by atoms with Gasteiger partial charge in [-0.15, -0.1) is 0 Å². The molecule has 0 radical (unpaired) electrons. The number of esters is 1. The fraction of sp³-hybridized carbons (Fsp3) is 0.350. The summed E-state index contributed by atoms with van der Waals surface area (Å²) in [6.45, 7) is 2.15. The summed E-state index contributed by atoms with van der Waals surface area (Å²) < 4.78 is 4.97. The lowest BCUT2D eigenvalue weighted by Gasteiger charge is -2.23. The van der Waals surface area contributed by atoms with Crippen LogP contribution < -0.4 is 5.32 Å². The second kappa shape index (κ2) is 7.92. The van der Waals surface area contributed by atoms with Crippen LogP contribution >= 0.6 is 0 Å². The van der Waals surface area contributed by atoms with Gasteiger partial charge in [0.25, 0.3) is 0 Å². The van der Waals surface area contributed by atoms with E-state index in [4.69, 9.17) is 4.74 Å². The van der Waals surface area contributed by atoms with Crippen LogP contribution in [0.25, 0.3) is 0 Å². The molecule has 25 heavy (non-hydrogen) atoms. The molecule has 130 valence electrons. The van der Waals surface area contributed by atoms with Crippen molar-refractivity contribution in [2.24, 2.45) is 0 Å². The van der Waals surface area contributed by atoms with Crippen molar-refractivity contribution in [2.45, 2.75) is 38.5 Å². The van der Waals surface area contributed by atoms with E-state index < -0.39 is 0 Å². The Kier molecular flexibility index (Phi) is 5.43. The van der Waals surface area contributed by atoms with Crippen molar-refractivity contribution >= 4 is 17.6 Å². The van der Waals surface area contributed by atoms with E-state index in [1.807, 2.05) is 36.4 Å². The lowest BCUT2D eigenvalue weighted by molar-refractivity contribution is -0.142. The van der Waals surface area contributed by atoms with Gasteiger partial charge in [0, 0.05) is 11.9 Å². The first-order chi connectivity index (χ1) is 12.2. The molecule has 1 aliphatic carbocycles. The molecule has 5 nitrogen and oxygen atoms in total. The quantitative estimate of drug-likeness (QED) is 0.850. The molecule has 0 spiro atoms. The first-order valence-corrected chi connectivity index (χ1v) is 8.66. The normalized spacial score (nSPS) is 16.0. The number of ether oxygens (including phenoxy) is 1. The van der Waals surface area contributed by atoms with Crippen LogP contribution in [-0.4, -0.2) is 23.5 Å². The summed E-state index contributed by atoms with van der Waals surface area (Å²) in [6.07, 6.45) is 4.70. The molecule has 0 saturated carbocycles. The zero-order valence-corrected chi connectivity index (χ0v) is 14.3. The number of nitrogens with zero attached hydrogens (tertiary/aromatic N) is 1. The number of anilines is 1. The van der Waals surface area contributed by atoms with E-state index in [1.54, 1.807) is 13.1 Å². The minimum absolute atomic E-state index is 0.0482. The first-order valence-electron chi connectivity index (χ1n) is 8.66. The SMILES string of the molecule is CCOC(=O)Cc1cccc(NC(=O)C2CCCc3cccnc32)c1. The Morgan fingerprint density at radius 1 is 1.28 bits per heavy atom. The molecule has 3 rings (SSSR count). The van der Waals surface area contributed by atoms with Crippen molar-refractivity contribution in [1.29, 1.82) is 0 Å². The van der Waals surface area contributed by atoms with E-state index in [2.05, 4.69) is 10.3 Å². The molecule has 0 saturated heterocycles. The molecule has 1 N–H and O–H groups in total. The van der Waals surface area contributed by atoms with Crippen molar-refractivity contribution < 1.29 is 14.3 Å².